The van der Waals surface area contributed by atoms with Gasteiger partial charge in [0.2, 0.25) is 5.82 Å². The van der Waals surface area contributed by atoms with Gasteiger partial charge in [0, 0.05) is 16.7 Å². The van der Waals surface area contributed by atoms with Crippen molar-refractivity contribution >= 4 is 5.57 Å². The molecule has 0 aromatic heterocycles. The van der Waals surface area contributed by atoms with E-state index in [1.165, 1.54) is 24.3 Å². The van der Waals surface area contributed by atoms with E-state index >= 15 is 0 Å². The maximum absolute atomic E-state index is 14.8. The first-order chi connectivity index (χ1) is 18.8. The Kier molecular flexibility index (Phi) is 9.41. The molecule has 1 aliphatic rings. The predicted octanol–water partition coefficient (Wildman–Crippen LogP) is 9.75. The topological polar surface area (TPSA) is 9.23 Å². The number of halogens is 6. The Hall–Kier alpha value is -3.22. The van der Waals surface area contributed by atoms with Crippen molar-refractivity contribution in [1.29, 1.82) is 0 Å². The zero-order valence-corrected chi connectivity index (χ0v) is 22.2. The van der Waals surface area contributed by atoms with Crippen molar-refractivity contribution < 1.29 is 31.1 Å². The Morgan fingerprint density at radius 3 is 1.97 bits per heavy atom. The van der Waals surface area contributed by atoms with Gasteiger partial charge in [-0.25, -0.2) is 22.0 Å². The molecular weight excluding hydrogens is 514 g/mol. The van der Waals surface area contributed by atoms with Crippen LogP contribution in [0, 0.1) is 40.8 Å². The molecule has 0 spiro atoms. The summed E-state index contributed by atoms with van der Waals surface area (Å²) in [5.41, 5.74) is 0.746. The van der Waals surface area contributed by atoms with E-state index in [2.05, 4.69) is 6.92 Å². The van der Waals surface area contributed by atoms with Crippen LogP contribution in [0.4, 0.5) is 26.3 Å². The van der Waals surface area contributed by atoms with Crippen LogP contribution in [-0.4, -0.2) is 6.61 Å². The number of ether oxygens (including phenoxy) is 1. The smallest absolute Gasteiger partial charge is 0.201 e. The first-order valence-corrected chi connectivity index (χ1v) is 13.5. The molecule has 0 heterocycles. The van der Waals surface area contributed by atoms with Gasteiger partial charge in [-0.15, -0.1) is 0 Å². The highest BCUT2D eigenvalue weighted by molar-refractivity contribution is 5.68. The van der Waals surface area contributed by atoms with Gasteiger partial charge in [0.15, 0.2) is 34.8 Å². The molecule has 0 aliphatic heterocycles. The van der Waals surface area contributed by atoms with E-state index in [-0.39, 0.29) is 41.4 Å². The summed E-state index contributed by atoms with van der Waals surface area (Å²) >= 11 is 0. The van der Waals surface area contributed by atoms with E-state index in [1.54, 1.807) is 19.1 Å². The van der Waals surface area contributed by atoms with Crippen molar-refractivity contribution in [1.82, 2.24) is 0 Å². The molecule has 1 unspecified atom stereocenters. The summed E-state index contributed by atoms with van der Waals surface area (Å²) in [5.74, 6) is -6.90. The van der Waals surface area contributed by atoms with Crippen LogP contribution in [0.1, 0.15) is 69.1 Å². The molecule has 3 aromatic carbocycles. The van der Waals surface area contributed by atoms with E-state index < -0.39 is 40.5 Å². The molecule has 208 valence electrons. The molecule has 0 N–H and O–H groups in total. The summed E-state index contributed by atoms with van der Waals surface area (Å²) in [5, 5.41) is 0. The molecule has 0 saturated carbocycles. The van der Waals surface area contributed by atoms with E-state index in [0.717, 1.165) is 19.3 Å². The monoisotopic (exact) mass is 546 g/mol. The summed E-state index contributed by atoms with van der Waals surface area (Å²) in [6.07, 6.45) is 6.98. The lowest BCUT2D eigenvalue weighted by molar-refractivity contribution is 0.228. The van der Waals surface area contributed by atoms with Crippen molar-refractivity contribution in [2.45, 2.75) is 65.2 Å². The Morgan fingerprint density at radius 2 is 1.31 bits per heavy atom. The third kappa shape index (κ3) is 6.18. The lowest BCUT2D eigenvalue weighted by atomic mass is 9.86. The number of unbranched alkanes of at least 4 members (excludes halogenated alkanes) is 2. The Bertz CT molecular complexity index is 1360. The molecule has 0 radical (unpaired) electrons. The molecule has 39 heavy (non-hydrogen) atoms. The second-order valence-electron chi connectivity index (χ2n) is 10.0. The number of benzene rings is 3. The van der Waals surface area contributed by atoms with Gasteiger partial charge in [0.05, 0.1) is 6.61 Å². The van der Waals surface area contributed by atoms with Gasteiger partial charge in [0.1, 0.15) is 0 Å². The summed E-state index contributed by atoms with van der Waals surface area (Å²) in [7, 11) is 0. The maximum Gasteiger partial charge on any atom is 0.201 e. The molecule has 0 bridgehead atoms. The van der Waals surface area contributed by atoms with Crippen LogP contribution < -0.4 is 4.74 Å². The highest BCUT2D eigenvalue weighted by Crippen LogP contribution is 2.36. The average Bonchev–Trinajstić information content (AvgIpc) is 2.94. The Balaban J connectivity index is 1.41. The van der Waals surface area contributed by atoms with Crippen LogP contribution in [0.25, 0.3) is 16.7 Å². The van der Waals surface area contributed by atoms with Crippen LogP contribution in [0.15, 0.2) is 42.5 Å². The number of rotatable bonds is 10. The average molecular weight is 547 g/mol. The van der Waals surface area contributed by atoms with Crippen molar-refractivity contribution in [3.63, 3.8) is 0 Å². The lowest BCUT2D eigenvalue weighted by Crippen LogP contribution is -2.16. The number of hydrogen-bond acceptors (Lipinski definition) is 1. The molecule has 3 aromatic rings. The quantitative estimate of drug-likeness (QED) is 0.182. The third-order valence-electron chi connectivity index (χ3n) is 7.43. The standard InChI is InChI=1S/C32H32F6O/c1-3-5-6-7-22-13-14-23(29(35)28(22)34)21-10-8-19(9-11-21)18-39-26-17-16-25(31(37)32(26)38)24-15-12-20(4-2)27(33)30(24)36/h10,12-17,19H,3-9,11,18H2,1-2H3. The SMILES string of the molecule is CCCCCc1ccc(C2=CCC(COc3ccc(-c4ccc(CC)c(F)c4F)c(F)c3F)CC2)c(F)c1F. The molecule has 0 saturated heterocycles. The molecule has 1 nitrogen and oxygen atoms in total. The van der Waals surface area contributed by atoms with Gasteiger partial charge in [-0.2, -0.15) is 4.39 Å². The van der Waals surface area contributed by atoms with Gasteiger partial charge in [0.25, 0.3) is 0 Å². The summed E-state index contributed by atoms with van der Waals surface area (Å²) in [4.78, 5) is 0. The van der Waals surface area contributed by atoms with E-state index in [0.29, 0.717) is 36.8 Å². The zero-order chi connectivity index (χ0) is 28.1. The van der Waals surface area contributed by atoms with Crippen LogP contribution in [0.5, 0.6) is 5.75 Å². The predicted molar refractivity (Wildman–Crippen MR) is 141 cm³/mol. The second-order valence-corrected chi connectivity index (χ2v) is 10.0. The zero-order valence-electron chi connectivity index (χ0n) is 22.2. The van der Waals surface area contributed by atoms with Crippen molar-refractivity contribution in [2.24, 2.45) is 5.92 Å². The van der Waals surface area contributed by atoms with Gasteiger partial charge in [-0.05, 0) is 73.3 Å². The Labute approximate surface area is 225 Å². The van der Waals surface area contributed by atoms with Crippen LogP contribution >= 0.6 is 0 Å². The summed E-state index contributed by atoms with van der Waals surface area (Å²) < 4.78 is 93.1. The fourth-order valence-corrected chi connectivity index (χ4v) is 5.01. The first-order valence-electron chi connectivity index (χ1n) is 13.5. The molecule has 1 atom stereocenters. The largest absolute Gasteiger partial charge is 0.490 e. The molecule has 1 aliphatic carbocycles. The van der Waals surface area contributed by atoms with Gasteiger partial charge >= 0.3 is 0 Å². The maximum atomic E-state index is 14.8. The molecular formula is C32H32F6O. The highest BCUT2D eigenvalue weighted by Gasteiger charge is 2.24. The van der Waals surface area contributed by atoms with Crippen LogP contribution in [0.3, 0.4) is 0 Å². The summed E-state index contributed by atoms with van der Waals surface area (Å²) in [6.45, 7) is 3.80. The van der Waals surface area contributed by atoms with Gasteiger partial charge in [-0.3, -0.25) is 0 Å². The minimum atomic E-state index is -1.32. The van der Waals surface area contributed by atoms with Crippen LogP contribution in [-0.2, 0) is 12.8 Å². The van der Waals surface area contributed by atoms with Crippen molar-refractivity contribution in [3.8, 4) is 16.9 Å². The molecule has 0 fully saturated rings. The fourth-order valence-electron chi connectivity index (χ4n) is 5.01. The van der Waals surface area contributed by atoms with E-state index in [9.17, 15) is 26.3 Å². The molecule has 0 amide bonds. The molecule has 4 rings (SSSR count). The Morgan fingerprint density at radius 1 is 0.692 bits per heavy atom. The fraction of sp³-hybridized carbons (Fsp3) is 0.375. The minimum Gasteiger partial charge on any atom is -0.490 e. The number of hydrogen-bond donors (Lipinski definition) is 0. The number of aryl methyl sites for hydroxylation is 2. The van der Waals surface area contributed by atoms with E-state index in [1.807, 2.05) is 6.08 Å². The highest BCUT2D eigenvalue weighted by atomic mass is 19.2. The molecule has 7 heteroatoms. The minimum absolute atomic E-state index is 0.0368. The van der Waals surface area contributed by atoms with E-state index in [4.69, 9.17) is 4.74 Å². The third-order valence-corrected chi connectivity index (χ3v) is 7.43. The number of allylic oxidation sites excluding steroid dienone is 2. The van der Waals surface area contributed by atoms with Crippen molar-refractivity contribution in [2.75, 3.05) is 6.61 Å². The van der Waals surface area contributed by atoms with Crippen molar-refractivity contribution in [3.05, 3.63) is 94.1 Å². The second kappa shape index (κ2) is 12.8. The summed E-state index contributed by atoms with van der Waals surface area (Å²) in [6, 6.07) is 8.23. The first kappa shape index (κ1) is 28.8. The van der Waals surface area contributed by atoms with Gasteiger partial charge < -0.3 is 4.74 Å². The van der Waals surface area contributed by atoms with Crippen LogP contribution in [0.2, 0.25) is 0 Å². The lowest BCUT2D eigenvalue weighted by Gasteiger charge is -2.23. The van der Waals surface area contributed by atoms with Gasteiger partial charge in [-0.1, -0.05) is 57.0 Å². The normalized spacial score (nSPS) is 15.4.